The van der Waals surface area contributed by atoms with Crippen LogP contribution >= 0.6 is 0 Å². The molecule has 1 fully saturated rings. The van der Waals surface area contributed by atoms with Crippen molar-refractivity contribution < 1.29 is 13.9 Å². The molecule has 5 heteroatoms. The fraction of sp³-hybridized carbons (Fsp3) is 0.316. The maximum absolute atomic E-state index is 13.5. The van der Waals surface area contributed by atoms with E-state index in [-0.39, 0.29) is 18.3 Å². The van der Waals surface area contributed by atoms with Gasteiger partial charge in [-0.2, -0.15) is 0 Å². The van der Waals surface area contributed by atoms with E-state index < -0.39 is 5.82 Å². The summed E-state index contributed by atoms with van der Waals surface area (Å²) in [4.78, 5) is 16.1. The van der Waals surface area contributed by atoms with E-state index in [0.29, 0.717) is 0 Å². The van der Waals surface area contributed by atoms with Crippen LogP contribution in [0.4, 0.5) is 15.8 Å². The normalized spacial score (nSPS) is 13.8. The Balaban J connectivity index is 1.59. The molecule has 1 aliphatic heterocycles. The van der Waals surface area contributed by atoms with Crippen LogP contribution in [0.5, 0.6) is 5.75 Å². The number of halogens is 1. The molecule has 0 radical (unpaired) electrons. The van der Waals surface area contributed by atoms with Gasteiger partial charge >= 0.3 is 0 Å². The molecule has 0 saturated carbocycles. The fourth-order valence-electron chi connectivity index (χ4n) is 2.80. The second-order valence-electron chi connectivity index (χ2n) is 5.88. The summed E-state index contributed by atoms with van der Waals surface area (Å²) < 4.78 is 18.8. The number of para-hydroxylation sites is 1. The number of carbonyl (C=O) groups excluding carboxylic acids is 1. The highest BCUT2D eigenvalue weighted by molar-refractivity contribution is 5.94. The Labute approximate surface area is 141 Å². The molecule has 0 atom stereocenters. The molecule has 2 aromatic rings. The highest BCUT2D eigenvalue weighted by atomic mass is 19.1. The zero-order valence-corrected chi connectivity index (χ0v) is 13.7. The van der Waals surface area contributed by atoms with E-state index in [2.05, 4.69) is 4.90 Å². The highest BCUT2D eigenvalue weighted by Crippen LogP contribution is 2.23. The van der Waals surface area contributed by atoms with Gasteiger partial charge in [-0.25, -0.2) is 4.39 Å². The molecule has 1 heterocycles. The lowest BCUT2D eigenvalue weighted by Crippen LogP contribution is -2.31. The van der Waals surface area contributed by atoms with Crippen molar-refractivity contribution in [2.75, 3.05) is 36.5 Å². The Morgan fingerprint density at radius 3 is 2.46 bits per heavy atom. The Hall–Kier alpha value is -2.56. The van der Waals surface area contributed by atoms with Gasteiger partial charge in [-0.15, -0.1) is 0 Å². The van der Waals surface area contributed by atoms with Gasteiger partial charge in [-0.3, -0.25) is 4.79 Å². The van der Waals surface area contributed by atoms with Crippen molar-refractivity contribution in [3.8, 4) is 5.75 Å². The number of carbonyl (C=O) groups is 1. The van der Waals surface area contributed by atoms with Crippen LogP contribution in [0.25, 0.3) is 0 Å². The summed E-state index contributed by atoms with van der Waals surface area (Å²) in [6, 6.07) is 14.0. The first kappa shape index (κ1) is 16.3. The number of anilines is 2. The SMILES string of the molecule is CN(C(=O)COc1ccccc1F)c1ccc(N2CCCC2)cc1. The lowest BCUT2D eigenvalue weighted by molar-refractivity contribution is -0.120. The van der Waals surface area contributed by atoms with Crippen LogP contribution in [-0.4, -0.2) is 32.7 Å². The van der Waals surface area contributed by atoms with E-state index >= 15 is 0 Å². The molecule has 0 aromatic heterocycles. The maximum atomic E-state index is 13.5. The summed E-state index contributed by atoms with van der Waals surface area (Å²) in [6.07, 6.45) is 2.46. The Bertz CT molecular complexity index is 697. The summed E-state index contributed by atoms with van der Waals surface area (Å²) in [5, 5.41) is 0. The number of likely N-dealkylation sites (N-methyl/N-ethyl adjacent to an activating group) is 1. The van der Waals surface area contributed by atoms with Crippen LogP contribution in [0.15, 0.2) is 48.5 Å². The standard InChI is InChI=1S/C19H21FN2O2/c1-21(19(23)14-24-18-7-3-2-6-17(18)20)15-8-10-16(11-9-15)22-12-4-5-13-22/h2-3,6-11H,4-5,12-14H2,1H3. The molecule has 4 nitrogen and oxygen atoms in total. The van der Waals surface area contributed by atoms with E-state index in [1.54, 1.807) is 19.2 Å². The van der Waals surface area contributed by atoms with Gasteiger partial charge in [-0.05, 0) is 49.2 Å². The molecule has 0 N–H and O–H groups in total. The molecular formula is C19H21FN2O2. The number of ether oxygens (including phenoxy) is 1. The van der Waals surface area contributed by atoms with E-state index in [1.165, 1.54) is 35.6 Å². The lowest BCUT2D eigenvalue weighted by Gasteiger charge is -2.21. The van der Waals surface area contributed by atoms with Crippen LogP contribution in [0, 0.1) is 5.82 Å². The minimum atomic E-state index is -0.470. The molecule has 1 amide bonds. The van der Waals surface area contributed by atoms with E-state index in [4.69, 9.17) is 4.74 Å². The average molecular weight is 328 g/mol. The maximum Gasteiger partial charge on any atom is 0.264 e. The van der Waals surface area contributed by atoms with E-state index in [1.807, 2.05) is 24.3 Å². The largest absolute Gasteiger partial charge is 0.481 e. The third-order valence-corrected chi connectivity index (χ3v) is 4.27. The summed E-state index contributed by atoms with van der Waals surface area (Å²) in [7, 11) is 1.69. The smallest absolute Gasteiger partial charge is 0.264 e. The molecule has 24 heavy (non-hydrogen) atoms. The number of amides is 1. The quantitative estimate of drug-likeness (QED) is 0.842. The van der Waals surface area contributed by atoms with Crippen molar-refractivity contribution in [1.29, 1.82) is 0 Å². The van der Waals surface area contributed by atoms with E-state index in [9.17, 15) is 9.18 Å². The average Bonchev–Trinajstić information content (AvgIpc) is 3.15. The monoisotopic (exact) mass is 328 g/mol. The van der Waals surface area contributed by atoms with Crippen molar-refractivity contribution in [2.45, 2.75) is 12.8 Å². The molecule has 126 valence electrons. The van der Waals surface area contributed by atoms with Crippen molar-refractivity contribution in [3.05, 3.63) is 54.3 Å². The molecule has 3 rings (SSSR count). The zero-order valence-electron chi connectivity index (χ0n) is 13.7. The lowest BCUT2D eigenvalue weighted by atomic mass is 10.2. The number of hydrogen-bond acceptors (Lipinski definition) is 3. The van der Waals surface area contributed by atoms with Crippen LogP contribution in [-0.2, 0) is 4.79 Å². The Morgan fingerprint density at radius 2 is 1.79 bits per heavy atom. The van der Waals surface area contributed by atoms with Crippen LogP contribution in [0.3, 0.4) is 0 Å². The van der Waals surface area contributed by atoms with Crippen LogP contribution in [0.1, 0.15) is 12.8 Å². The molecule has 1 aliphatic rings. The van der Waals surface area contributed by atoms with Gasteiger partial charge in [0.1, 0.15) is 0 Å². The fourth-order valence-corrected chi connectivity index (χ4v) is 2.80. The second kappa shape index (κ2) is 7.34. The van der Waals surface area contributed by atoms with Gasteiger partial charge in [0.05, 0.1) is 0 Å². The summed E-state index contributed by atoms with van der Waals surface area (Å²) in [5.41, 5.74) is 1.97. The van der Waals surface area contributed by atoms with Crippen molar-refractivity contribution >= 4 is 17.3 Å². The molecule has 0 spiro atoms. The molecule has 0 unspecified atom stereocenters. The minimum Gasteiger partial charge on any atom is -0.481 e. The first-order chi connectivity index (χ1) is 11.6. The number of benzene rings is 2. The molecule has 2 aromatic carbocycles. The first-order valence-electron chi connectivity index (χ1n) is 8.14. The molecule has 0 bridgehead atoms. The molecule has 0 aliphatic carbocycles. The Morgan fingerprint density at radius 1 is 1.12 bits per heavy atom. The summed E-state index contributed by atoms with van der Waals surface area (Å²) >= 11 is 0. The number of nitrogens with zero attached hydrogens (tertiary/aromatic N) is 2. The summed E-state index contributed by atoms with van der Waals surface area (Å²) in [5.74, 6) is -0.612. The predicted octanol–water partition coefficient (Wildman–Crippen LogP) is 3.47. The van der Waals surface area contributed by atoms with Crippen molar-refractivity contribution in [3.63, 3.8) is 0 Å². The van der Waals surface area contributed by atoms with Gasteiger partial charge in [0.2, 0.25) is 0 Å². The molecular weight excluding hydrogens is 307 g/mol. The predicted molar refractivity (Wildman–Crippen MR) is 93.2 cm³/mol. The zero-order chi connectivity index (χ0) is 16.9. The van der Waals surface area contributed by atoms with Crippen LogP contribution < -0.4 is 14.5 Å². The van der Waals surface area contributed by atoms with Crippen molar-refractivity contribution in [2.24, 2.45) is 0 Å². The third-order valence-electron chi connectivity index (χ3n) is 4.27. The highest BCUT2D eigenvalue weighted by Gasteiger charge is 2.15. The van der Waals surface area contributed by atoms with Gasteiger partial charge in [0.25, 0.3) is 5.91 Å². The van der Waals surface area contributed by atoms with Gasteiger partial charge in [-0.1, -0.05) is 12.1 Å². The topological polar surface area (TPSA) is 32.8 Å². The van der Waals surface area contributed by atoms with E-state index in [0.717, 1.165) is 18.8 Å². The summed E-state index contributed by atoms with van der Waals surface area (Å²) in [6.45, 7) is 1.97. The van der Waals surface area contributed by atoms with Gasteiger partial charge in [0.15, 0.2) is 18.2 Å². The van der Waals surface area contributed by atoms with Crippen LogP contribution in [0.2, 0.25) is 0 Å². The second-order valence-corrected chi connectivity index (χ2v) is 5.88. The van der Waals surface area contributed by atoms with Gasteiger partial charge in [0, 0.05) is 31.5 Å². The first-order valence-corrected chi connectivity index (χ1v) is 8.14. The van der Waals surface area contributed by atoms with Crippen molar-refractivity contribution in [1.82, 2.24) is 0 Å². The number of rotatable bonds is 5. The minimum absolute atomic E-state index is 0.0867. The molecule has 1 saturated heterocycles. The van der Waals surface area contributed by atoms with Gasteiger partial charge < -0.3 is 14.5 Å². The third kappa shape index (κ3) is 3.67. The number of hydrogen-bond donors (Lipinski definition) is 0. The Kier molecular flexibility index (Phi) is 4.99.